The number of tetrazole rings is 1. The first kappa shape index (κ1) is 16.8. The monoisotopic (exact) mass is 357 g/mol. The van der Waals surface area contributed by atoms with E-state index in [4.69, 9.17) is 4.74 Å². The van der Waals surface area contributed by atoms with E-state index in [9.17, 15) is 9.59 Å². The molecule has 9 heteroatoms. The molecule has 0 atom stereocenters. The van der Waals surface area contributed by atoms with E-state index in [2.05, 4.69) is 20.8 Å². The summed E-state index contributed by atoms with van der Waals surface area (Å²) in [5.41, 5.74) is 3.25. The zero-order valence-corrected chi connectivity index (χ0v) is 14.4. The summed E-state index contributed by atoms with van der Waals surface area (Å²) < 4.78 is 6.47. The minimum absolute atomic E-state index is 0.326. The number of amides is 1. The van der Waals surface area contributed by atoms with Gasteiger partial charge >= 0.3 is 5.97 Å². The average Bonchev–Trinajstić information content (AvgIpc) is 3.27. The summed E-state index contributed by atoms with van der Waals surface area (Å²) in [7, 11) is 0. The lowest BCUT2D eigenvalue weighted by molar-refractivity contribution is -0.119. The lowest BCUT2D eigenvalue weighted by Gasteiger charge is -2.10. The van der Waals surface area contributed by atoms with Gasteiger partial charge in [0.15, 0.2) is 6.61 Å². The lowest BCUT2D eigenvalue weighted by atomic mass is 10.1. The molecule has 0 radical (unpaired) electrons. The highest BCUT2D eigenvalue weighted by Crippen LogP contribution is 2.21. The maximum Gasteiger partial charge on any atom is 0.351 e. The predicted octanol–water partition coefficient (Wildman–Crippen LogP) is 2.14. The molecule has 1 N–H and O–H groups in total. The van der Waals surface area contributed by atoms with Crippen LogP contribution in [-0.4, -0.2) is 38.7 Å². The number of thiophene rings is 1. The fourth-order valence-corrected chi connectivity index (χ4v) is 2.95. The van der Waals surface area contributed by atoms with E-state index in [0.717, 1.165) is 11.1 Å². The van der Waals surface area contributed by atoms with Crippen molar-refractivity contribution in [2.75, 3.05) is 11.9 Å². The third-order valence-corrected chi connectivity index (χ3v) is 4.52. The van der Waals surface area contributed by atoms with Gasteiger partial charge in [-0.1, -0.05) is 12.1 Å². The number of hydrogen-bond donors (Lipinski definition) is 1. The van der Waals surface area contributed by atoms with Gasteiger partial charge in [0.1, 0.15) is 11.2 Å². The molecule has 2 heterocycles. The van der Waals surface area contributed by atoms with Crippen LogP contribution in [0.2, 0.25) is 0 Å². The van der Waals surface area contributed by atoms with Crippen molar-refractivity contribution < 1.29 is 14.3 Å². The molecule has 1 aromatic carbocycles. The number of hydrogen-bond acceptors (Lipinski definition) is 7. The Morgan fingerprint density at radius 2 is 2.12 bits per heavy atom. The van der Waals surface area contributed by atoms with Crippen molar-refractivity contribution in [1.29, 1.82) is 0 Å². The molecule has 0 saturated heterocycles. The number of carbonyl (C=O) groups is 2. The van der Waals surface area contributed by atoms with E-state index < -0.39 is 11.9 Å². The van der Waals surface area contributed by atoms with Crippen LogP contribution in [-0.2, 0) is 9.53 Å². The number of rotatable bonds is 5. The normalized spacial score (nSPS) is 10.5. The van der Waals surface area contributed by atoms with Gasteiger partial charge in [0.05, 0.1) is 5.69 Å². The topological polar surface area (TPSA) is 99.0 Å². The third-order valence-electron chi connectivity index (χ3n) is 3.64. The summed E-state index contributed by atoms with van der Waals surface area (Å²) in [6.07, 6.45) is 1.38. The van der Waals surface area contributed by atoms with Crippen molar-refractivity contribution in [2.24, 2.45) is 0 Å². The van der Waals surface area contributed by atoms with E-state index >= 15 is 0 Å². The first-order chi connectivity index (χ1) is 12.1. The number of nitrogens with one attached hydrogen (secondary N) is 1. The van der Waals surface area contributed by atoms with Crippen molar-refractivity contribution in [3.8, 4) is 5.69 Å². The molecule has 0 aliphatic heterocycles. The Hall–Kier alpha value is -3.07. The third kappa shape index (κ3) is 3.72. The fraction of sp³-hybridized carbons (Fsp3) is 0.188. The van der Waals surface area contributed by atoms with Crippen LogP contribution in [0.5, 0.6) is 0 Å². The average molecular weight is 357 g/mol. The number of carbonyl (C=O) groups excluding carboxylic acids is 2. The van der Waals surface area contributed by atoms with Crippen molar-refractivity contribution in [3.63, 3.8) is 0 Å². The molecular formula is C16H15N5O3S. The number of aromatic nitrogens is 4. The molecule has 0 aliphatic rings. The van der Waals surface area contributed by atoms with Crippen LogP contribution in [0.1, 0.15) is 20.8 Å². The van der Waals surface area contributed by atoms with Crippen molar-refractivity contribution >= 4 is 28.9 Å². The largest absolute Gasteiger partial charge is 0.451 e. The Kier molecular flexibility index (Phi) is 4.85. The first-order valence-electron chi connectivity index (χ1n) is 7.40. The molecule has 3 rings (SSSR count). The number of nitrogens with zero attached hydrogens (tertiary/aromatic N) is 4. The summed E-state index contributed by atoms with van der Waals surface area (Å²) in [5, 5.41) is 15.3. The van der Waals surface area contributed by atoms with Crippen molar-refractivity contribution in [3.05, 3.63) is 52.0 Å². The van der Waals surface area contributed by atoms with Gasteiger partial charge in [0, 0.05) is 5.69 Å². The molecule has 0 unspecified atom stereocenters. The van der Waals surface area contributed by atoms with E-state index in [0.29, 0.717) is 16.3 Å². The molecule has 0 aliphatic carbocycles. The SMILES string of the molecule is Cc1cccc(NC(=O)COC(=O)c2sccc2-n2cnnn2)c1C. The van der Waals surface area contributed by atoms with E-state index in [1.165, 1.54) is 22.3 Å². The van der Waals surface area contributed by atoms with Gasteiger partial charge in [-0.15, -0.1) is 16.4 Å². The summed E-state index contributed by atoms with van der Waals surface area (Å²) in [4.78, 5) is 24.6. The summed E-state index contributed by atoms with van der Waals surface area (Å²) >= 11 is 1.19. The van der Waals surface area contributed by atoms with Gasteiger partial charge in [-0.05, 0) is 52.9 Å². The lowest BCUT2D eigenvalue weighted by Crippen LogP contribution is -2.21. The van der Waals surface area contributed by atoms with Crippen LogP contribution >= 0.6 is 11.3 Å². The van der Waals surface area contributed by atoms with Crippen molar-refractivity contribution in [2.45, 2.75) is 13.8 Å². The van der Waals surface area contributed by atoms with Gasteiger partial charge in [-0.2, -0.15) is 4.68 Å². The number of benzene rings is 1. The molecule has 128 valence electrons. The minimum atomic E-state index is -0.600. The number of ether oxygens (including phenoxy) is 1. The number of aryl methyl sites for hydroxylation is 1. The van der Waals surface area contributed by atoms with Gasteiger partial charge < -0.3 is 10.1 Å². The molecule has 2 aromatic heterocycles. The zero-order chi connectivity index (χ0) is 17.8. The van der Waals surface area contributed by atoms with Crippen LogP contribution in [0.4, 0.5) is 5.69 Å². The standard InChI is InChI=1S/C16H15N5O3S/c1-10-4-3-5-12(11(10)2)18-14(22)8-24-16(23)15-13(6-7-25-15)21-9-17-19-20-21/h3-7,9H,8H2,1-2H3,(H,18,22). The Bertz CT molecular complexity index is 904. The second-order valence-electron chi connectivity index (χ2n) is 5.26. The quantitative estimate of drug-likeness (QED) is 0.702. The molecule has 0 spiro atoms. The van der Waals surface area contributed by atoms with Gasteiger partial charge in [-0.3, -0.25) is 4.79 Å². The van der Waals surface area contributed by atoms with E-state index in [-0.39, 0.29) is 6.61 Å². The highest BCUT2D eigenvalue weighted by molar-refractivity contribution is 7.12. The highest BCUT2D eigenvalue weighted by atomic mass is 32.1. The Morgan fingerprint density at radius 1 is 1.28 bits per heavy atom. The maximum atomic E-state index is 12.2. The second kappa shape index (κ2) is 7.22. The van der Waals surface area contributed by atoms with Crippen LogP contribution in [0, 0.1) is 13.8 Å². The van der Waals surface area contributed by atoms with Crippen LogP contribution in [0.15, 0.2) is 36.0 Å². The molecular weight excluding hydrogens is 342 g/mol. The molecule has 0 saturated carbocycles. The van der Waals surface area contributed by atoms with E-state index in [1.54, 1.807) is 17.5 Å². The number of esters is 1. The summed E-state index contributed by atoms with van der Waals surface area (Å²) in [5.74, 6) is -1.00. The smallest absolute Gasteiger partial charge is 0.351 e. The maximum absolute atomic E-state index is 12.2. The summed E-state index contributed by atoms with van der Waals surface area (Å²) in [6.45, 7) is 3.50. The molecule has 0 bridgehead atoms. The van der Waals surface area contributed by atoms with Gasteiger partial charge in [-0.25, -0.2) is 4.79 Å². The summed E-state index contributed by atoms with van der Waals surface area (Å²) in [6, 6.07) is 7.32. The Balaban J connectivity index is 1.62. The van der Waals surface area contributed by atoms with Crippen molar-refractivity contribution in [1.82, 2.24) is 20.2 Å². The van der Waals surface area contributed by atoms with Crippen LogP contribution in [0.25, 0.3) is 5.69 Å². The molecule has 25 heavy (non-hydrogen) atoms. The van der Waals surface area contributed by atoms with Crippen LogP contribution < -0.4 is 5.32 Å². The molecule has 8 nitrogen and oxygen atoms in total. The predicted molar refractivity (Wildman–Crippen MR) is 91.9 cm³/mol. The first-order valence-corrected chi connectivity index (χ1v) is 8.28. The Labute approximate surface area is 147 Å². The minimum Gasteiger partial charge on any atom is -0.451 e. The van der Waals surface area contributed by atoms with E-state index in [1.807, 2.05) is 26.0 Å². The van der Waals surface area contributed by atoms with Gasteiger partial charge in [0.25, 0.3) is 5.91 Å². The molecule has 0 fully saturated rings. The Morgan fingerprint density at radius 3 is 2.88 bits per heavy atom. The highest BCUT2D eigenvalue weighted by Gasteiger charge is 2.18. The second-order valence-corrected chi connectivity index (χ2v) is 6.18. The fourth-order valence-electron chi connectivity index (χ4n) is 2.18. The molecule has 1 amide bonds. The van der Waals surface area contributed by atoms with Gasteiger partial charge in [0.2, 0.25) is 0 Å². The molecule has 3 aromatic rings. The zero-order valence-electron chi connectivity index (χ0n) is 13.6. The number of anilines is 1. The van der Waals surface area contributed by atoms with Crippen LogP contribution in [0.3, 0.4) is 0 Å².